The minimum absolute atomic E-state index is 0.138. The van der Waals surface area contributed by atoms with Gasteiger partial charge in [-0.25, -0.2) is 0 Å². The van der Waals surface area contributed by atoms with Crippen LogP contribution < -0.4 is 0 Å². The quantitative estimate of drug-likeness (QED) is 0.891. The number of aliphatic hydroxyl groups is 2. The van der Waals surface area contributed by atoms with Crippen molar-refractivity contribution in [2.45, 2.75) is 31.5 Å². The van der Waals surface area contributed by atoms with Gasteiger partial charge in [0.25, 0.3) is 0 Å². The van der Waals surface area contributed by atoms with E-state index in [1.807, 2.05) is 36.4 Å². The number of aliphatic hydroxyl groups excluding tert-OH is 2. The number of hydrogen-bond acceptors (Lipinski definition) is 4. The summed E-state index contributed by atoms with van der Waals surface area (Å²) in [7, 11) is 0. The van der Waals surface area contributed by atoms with Crippen LogP contribution in [0.4, 0.5) is 0 Å². The maximum absolute atomic E-state index is 10.7. The lowest BCUT2D eigenvalue weighted by Crippen LogP contribution is -2.42. The molecule has 23 heavy (non-hydrogen) atoms. The third kappa shape index (κ3) is 2.80. The number of hydrogen-bond donors (Lipinski definition) is 2. The van der Waals surface area contributed by atoms with Crippen LogP contribution in [0.25, 0.3) is 12.2 Å². The van der Waals surface area contributed by atoms with Gasteiger partial charge in [-0.05, 0) is 78.7 Å². The highest BCUT2D eigenvalue weighted by molar-refractivity contribution is 5.52. The van der Waals surface area contributed by atoms with Gasteiger partial charge in [0.15, 0.2) is 0 Å². The van der Waals surface area contributed by atoms with Crippen LogP contribution in [0.5, 0.6) is 0 Å². The van der Waals surface area contributed by atoms with Crippen LogP contribution in [-0.4, -0.2) is 22.4 Å². The zero-order valence-electron chi connectivity index (χ0n) is 12.8. The Kier molecular flexibility index (Phi) is 3.71. The Bertz CT molecular complexity index is 646. The molecule has 120 valence electrons. The van der Waals surface area contributed by atoms with Gasteiger partial charge < -0.3 is 19.0 Å². The normalized spacial score (nSPS) is 34.2. The summed E-state index contributed by atoms with van der Waals surface area (Å²) in [5, 5.41) is 21.3. The lowest BCUT2D eigenvalue weighted by molar-refractivity contribution is 0.0228. The summed E-state index contributed by atoms with van der Waals surface area (Å²) in [6.45, 7) is 0. The Morgan fingerprint density at radius 3 is 1.70 bits per heavy atom. The van der Waals surface area contributed by atoms with Crippen molar-refractivity contribution in [3.63, 3.8) is 0 Å². The molecule has 0 aliphatic heterocycles. The lowest BCUT2D eigenvalue weighted by atomic mass is 9.65. The molecule has 0 saturated heterocycles. The smallest absolute Gasteiger partial charge is 0.126 e. The molecule has 4 atom stereocenters. The Labute approximate surface area is 134 Å². The summed E-state index contributed by atoms with van der Waals surface area (Å²) in [4.78, 5) is 0. The van der Waals surface area contributed by atoms with Crippen molar-refractivity contribution in [2.75, 3.05) is 0 Å². The van der Waals surface area contributed by atoms with E-state index in [2.05, 4.69) is 0 Å². The van der Waals surface area contributed by atoms with Gasteiger partial charge in [-0.2, -0.15) is 0 Å². The zero-order valence-corrected chi connectivity index (χ0v) is 12.8. The predicted octanol–water partition coefficient (Wildman–Crippen LogP) is 3.49. The predicted molar refractivity (Wildman–Crippen MR) is 86.2 cm³/mol. The molecule has 0 aromatic carbocycles. The highest BCUT2D eigenvalue weighted by atomic mass is 16.3. The molecule has 4 unspecified atom stereocenters. The Morgan fingerprint density at radius 2 is 1.30 bits per heavy atom. The molecule has 2 aromatic rings. The number of rotatable bonds is 2. The van der Waals surface area contributed by atoms with Crippen LogP contribution in [0, 0.1) is 11.8 Å². The van der Waals surface area contributed by atoms with Crippen LogP contribution in [0.15, 0.2) is 56.8 Å². The van der Waals surface area contributed by atoms with E-state index in [0.29, 0.717) is 12.8 Å². The van der Waals surface area contributed by atoms with E-state index in [0.717, 1.165) is 29.1 Å². The summed E-state index contributed by atoms with van der Waals surface area (Å²) in [5.74, 6) is 1.78. The first-order valence-electron chi connectivity index (χ1n) is 8.05. The van der Waals surface area contributed by atoms with Crippen molar-refractivity contribution < 1.29 is 19.0 Å². The lowest BCUT2D eigenvalue weighted by Gasteiger charge is -2.43. The highest BCUT2D eigenvalue weighted by Crippen LogP contribution is 2.45. The largest absolute Gasteiger partial charge is 0.465 e. The van der Waals surface area contributed by atoms with E-state index in [1.165, 1.54) is 0 Å². The monoisotopic (exact) mass is 312 g/mol. The number of fused-ring (bicyclic) bond motifs is 2. The molecule has 2 aliphatic carbocycles. The molecule has 4 rings (SSSR count). The molecular weight excluding hydrogens is 292 g/mol. The molecular formula is C19H20O4. The molecule has 0 amide bonds. The molecule has 2 bridgehead atoms. The van der Waals surface area contributed by atoms with Crippen molar-refractivity contribution in [3.05, 3.63) is 59.5 Å². The van der Waals surface area contributed by atoms with Gasteiger partial charge in [-0.15, -0.1) is 0 Å². The van der Waals surface area contributed by atoms with Gasteiger partial charge in [0.2, 0.25) is 0 Å². The molecule has 4 nitrogen and oxygen atoms in total. The van der Waals surface area contributed by atoms with Crippen LogP contribution in [0.2, 0.25) is 0 Å². The van der Waals surface area contributed by atoms with Gasteiger partial charge in [0.05, 0.1) is 24.7 Å². The SMILES string of the molecule is OC1/C(=C\c2ccco2)CC2CC1C/C(=C\c1ccco1)C2O. The van der Waals surface area contributed by atoms with Crippen molar-refractivity contribution in [1.29, 1.82) is 0 Å². The first kappa shape index (κ1) is 14.5. The van der Waals surface area contributed by atoms with Gasteiger partial charge in [-0.3, -0.25) is 0 Å². The molecule has 2 heterocycles. The maximum Gasteiger partial charge on any atom is 0.126 e. The Balaban J connectivity index is 1.60. The van der Waals surface area contributed by atoms with E-state index in [4.69, 9.17) is 8.83 Å². The first-order chi connectivity index (χ1) is 11.2. The molecule has 2 aromatic heterocycles. The molecule has 2 saturated carbocycles. The average Bonchev–Trinajstić information content (AvgIpc) is 3.22. The second-order valence-electron chi connectivity index (χ2n) is 6.52. The minimum Gasteiger partial charge on any atom is -0.465 e. The van der Waals surface area contributed by atoms with E-state index in [-0.39, 0.29) is 11.8 Å². The van der Waals surface area contributed by atoms with Crippen LogP contribution in [-0.2, 0) is 0 Å². The van der Waals surface area contributed by atoms with Crippen LogP contribution >= 0.6 is 0 Å². The third-order valence-corrected chi connectivity index (χ3v) is 5.00. The maximum atomic E-state index is 10.7. The molecule has 2 fully saturated rings. The fraction of sp³-hybridized carbons (Fsp3) is 0.368. The molecule has 0 spiro atoms. The second-order valence-corrected chi connectivity index (χ2v) is 6.52. The highest BCUT2D eigenvalue weighted by Gasteiger charge is 2.42. The topological polar surface area (TPSA) is 66.7 Å². The van der Waals surface area contributed by atoms with Crippen LogP contribution in [0.3, 0.4) is 0 Å². The molecule has 2 aliphatic rings. The van der Waals surface area contributed by atoms with Crippen molar-refractivity contribution in [3.8, 4) is 0 Å². The zero-order chi connectivity index (χ0) is 15.8. The summed E-state index contributed by atoms with van der Waals surface area (Å²) >= 11 is 0. The van der Waals surface area contributed by atoms with Crippen molar-refractivity contribution >= 4 is 12.2 Å². The van der Waals surface area contributed by atoms with E-state index >= 15 is 0 Å². The van der Waals surface area contributed by atoms with Crippen molar-refractivity contribution in [2.24, 2.45) is 11.8 Å². The van der Waals surface area contributed by atoms with Crippen LogP contribution in [0.1, 0.15) is 30.8 Å². The molecule has 4 heteroatoms. The van der Waals surface area contributed by atoms with Gasteiger partial charge in [-0.1, -0.05) is 0 Å². The van der Waals surface area contributed by atoms with E-state index in [9.17, 15) is 10.2 Å². The minimum atomic E-state index is -0.483. The second kappa shape index (κ2) is 5.87. The average molecular weight is 312 g/mol. The van der Waals surface area contributed by atoms with E-state index < -0.39 is 12.2 Å². The fourth-order valence-electron chi connectivity index (χ4n) is 3.89. The standard InChI is InChI=1S/C19H20O4/c20-18-13-7-12(8-14(18)10-16-3-1-5-22-16)19(21)15(9-13)11-17-4-2-6-23-17/h1-6,10-13,18-21H,7-9H2/b14-10-,15-11+. The van der Waals surface area contributed by atoms with Crippen molar-refractivity contribution in [1.82, 2.24) is 0 Å². The molecule has 0 radical (unpaired) electrons. The summed E-state index contributed by atoms with van der Waals surface area (Å²) < 4.78 is 10.7. The van der Waals surface area contributed by atoms with Gasteiger partial charge in [0, 0.05) is 0 Å². The third-order valence-electron chi connectivity index (χ3n) is 5.00. The first-order valence-corrected chi connectivity index (χ1v) is 8.05. The fourth-order valence-corrected chi connectivity index (χ4v) is 3.89. The number of furan rings is 2. The van der Waals surface area contributed by atoms with Gasteiger partial charge in [0.1, 0.15) is 11.5 Å². The Morgan fingerprint density at radius 1 is 0.826 bits per heavy atom. The summed E-state index contributed by atoms with van der Waals surface area (Å²) in [5.41, 5.74) is 1.91. The van der Waals surface area contributed by atoms with E-state index in [1.54, 1.807) is 12.5 Å². The summed E-state index contributed by atoms with van der Waals surface area (Å²) in [6, 6.07) is 7.43. The summed E-state index contributed by atoms with van der Waals surface area (Å²) in [6.07, 6.45) is 8.35. The molecule has 2 N–H and O–H groups in total. The Hall–Kier alpha value is -2.04. The van der Waals surface area contributed by atoms with Gasteiger partial charge >= 0.3 is 0 Å².